The highest BCUT2D eigenvalue weighted by Crippen LogP contribution is 2.16. The van der Waals surface area contributed by atoms with Crippen LogP contribution in [0.2, 0.25) is 0 Å². The summed E-state index contributed by atoms with van der Waals surface area (Å²) in [5.41, 5.74) is 12.6. The number of anilines is 2. The Balaban J connectivity index is 2.55. The molecule has 0 aromatic heterocycles. The van der Waals surface area contributed by atoms with Gasteiger partial charge >= 0.3 is 5.97 Å². The summed E-state index contributed by atoms with van der Waals surface area (Å²) >= 11 is 0. The molecule has 18 heavy (non-hydrogen) atoms. The minimum Gasteiger partial charge on any atom is -0.462 e. The number of rotatable bonds is 5. The second kappa shape index (κ2) is 6.28. The molecule has 1 unspecified atom stereocenters. The van der Waals surface area contributed by atoms with Gasteiger partial charge in [0, 0.05) is 11.4 Å². The Morgan fingerprint density at radius 2 is 1.72 bits per heavy atom. The van der Waals surface area contributed by atoms with Gasteiger partial charge in [-0.3, -0.25) is 0 Å². The molecule has 0 bridgehead atoms. The molecule has 0 saturated heterocycles. The Hall–Kier alpha value is -1.71. The zero-order chi connectivity index (χ0) is 13.7. The summed E-state index contributed by atoms with van der Waals surface area (Å²) in [5.74, 6) is 0.582. The van der Waals surface area contributed by atoms with Crippen LogP contribution >= 0.6 is 0 Å². The first kappa shape index (κ1) is 14.4. The van der Waals surface area contributed by atoms with E-state index in [4.69, 9.17) is 16.2 Å². The number of nitrogen functional groups attached to an aromatic ring is 2. The lowest BCUT2D eigenvalue weighted by Gasteiger charge is -2.14. The van der Waals surface area contributed by atoms with Crippen LogP contribution in [0.3, 0.4) is 0 Å². The minimum atomic E-state index is -0.371. The first-order chi connectivity index (χ1) is 8.38. The van der Waals surface area contributed by atoms with Crippen LogP contribution in [0, 0.1) is 11.8 Å². The number of ether oxygens (including phenoxy) is 1. The van der Waals surface area contributed by atoms with Gasteiger partial charge in [-0.05, 0) is 36.5 Å². The number of hydrogen-bond donors (Lipinski definition) is 2. The highest BCUT2D eigenvalue weighted by Gasteiger charge is 2.12. The van der Waals surface area contributed by atoms with Crippen molar-refractivity contribution in [2.45, 2.75) is 27.2 Å². The summed E-state index contributed by atoms with van der Waals surface area (Å²) < 4.78 is 5.25. The summed E-state index contributed by atoms with van der Waals surface area (Å²) in [5, 5.41) is 0. The Morgan fingerprint density at radius 3 is 2.22 bits per heavy atom. The van der Waals surface area contributed by atoms with E-state index in [2.05, 4.69) is 20.8 Å². The molecule has 0 radical (unpaired) electrons. The smallest absolute Gasteiger partial charge is 0.338 e. The van der Waals surface area contributed by atoms with E-state index < -0.39 is 0 Å². The first-order valence-corrected chi connectivity index (χ1v) is 6.21. The SMILES string of the molecule is CC(C)CC(C)COC(=O)c1cc(N)cc(N)c1. The van der Waals surface area contributed by atoms with E-state index in [0.29, 0.717) is 35.4 Å². The van der Waals surface area contributed by atoms with Crippen LogP contribution < -0.4 is 11.5 Å². The fourth-order valence-electron chi connectivity index (χ4n) is 1.97. The summed E-state index contributed by atoms with van der Waals surface area (Å²) in [4.78, 5) is 11.8. The third-order valence-electron chi connectivity index (χ3n) is 2.59. The molecule has 0 saturated carbocycles. The van der Waals surface area contributed by atoms with E-state index in [1.54, 1.807) is 18.2 Å². The third kappa shape index (κ3) is 4.65. The molecule has 4 N–H and O–H groups in total. The van der Waals surface area contributed by atoms with Crippen molar-refractivity contribution < 1.29 is 9.53 Å². The van der Waals surface area contributed by atoms with Crippen molar-refractivity contribution in [3.05, 3.63) is 23.8 Å². The van der Waals surface area contributed by atoms with Gasteiger partial charge in [0.15, 0.2) is 0 Å². The topological polar surface area (TPSA) is 78.3 Å². The lowest BCUT2D eigenvalue weighted by atomic mass is 10.00. The molecule has 4 nitrogen and oxygen atoms in total. The second-order valence-electron chi connectivity index (χ2n) is 5.22. The van der Waals surface area contributed by atoms with Crippen LogP contribution in [0.5, 0.6) is 0 Å². The van der Waals surface area contributed by atoms with Crippen molar-refractivity contribution in [2.75, 3.05) is 18.1 Å². The number of esters is 1. The second-order valence-corrected chi connectivity index (χ2v) is 5.22. The molecule has 0 aliphatic heterocycles. The Bertz CT molecular complexity index is 396. The normalized spacial score (nSPS) is 12.4. The van der Waals surface area contributed by atoms with Gasteiger partial charge in [0.05, 0.1) is 12.2 Å². The zero-order valence-corrected chi connectivity index (χ0v) is 11.3. The lowest BCUT2D eigenvalue weighted by molar-refractivity contribution is 0.0436. The molecule has 1 atom stereocenters. The Kier molecular flexibility index (Phi) is 5.01. The molecule has 100 valence electrons. The quantitative estimate of drug-likeness (QED) is 0.622. The van der Waals surface area contributed by atoms with Crippen molar-refractivity contribution in [3.8, 4) is 0 Å². The Morgan fingerprint density at radius 1 is 1.17 bits per heavy atom. The third-order valence-corrected chi connectivity index (χ3v) is 2.59. The van der Waals surface area contributed by atoms with Gasteiger partial charge in [-0.25, -0.2) is 4.79 Å². The predicted molar refractivity (Wildman–Crippen MR) is 74.2 cm³/mol. The van der Waals surface area contributed by atoms with Gasteiger partial charge in [-0.2, -0.15) is 0 Å². The molecular formula is C14H22N2O2. The lowest BCUT2D eigenvalue weighted by Crippen LogP contribution is -2.14. The Labute approximate surface area is 108 Å². The fraction of sp³-hybridized carbons (Fsp3) is 0.500. The maximum atomic E-state index is 11.8. The van der Waals surface area contributed by atoms with Gasteiger partial charge < -0.3 is 16.2 Å². The monoisotopic (exact) mass is 250 g/mol. The summed E-state index contributed by atoms with van der Waals surface area (Å²) in [6.07, 6.45) is 1.03. The fourth-order valence-corrected chi connectivity index (χ4v) is 1.97. The first-order valence-electron chi connectivity index (χ1n) is 6.21. The van der Waals surface area contributed by atoms with E-state index in [-0.39, 0.29) is 5.97 Å². The molecule has 0 amide bonds. The van der Waals surface area contributed by atoms with E-state index in [0.717, 1.165) is 6.42 Å². The van der Waals surface area contributed by atoms with Crippen molar-refractivity contribution in [1.29, 1.82) is 0 Å². The summed E-state index contributed by atoms with van der Waals surface area (Å²) in [6.45, 7) is 6.79. The van der Waals surface area contributed by atoms with Crippen LogP contribution in [-0.2, 0) is 4.74 Å². The van der Waals surface area contributed by atoms with Crippen molar-refractivity contribution >= 4 is 17.3 Å². The zero-order valence-electron chi connectivity index (χ0n) is 11.3. The number of nitrogens with two attached hydrogens (primary N) is 2. The predicted octanol–water partition coefficient (Wildman–Crippen LogP) is 2.69. The molecule has 4 heteroatoms. The van der Waals surface area contributed by atoms with Crippen molar-refractivity contribution in [2.24, 2.45) is 11.8 Å². The van der Waals surface area contributed by atoms with Gasteiger partial charge in [0.25, 0.3) is 0 Å². The number of carbonyl (C=O) groups excluding carboxylic acids is 1. The van der Waals surface area contributed by atoms with Gasteiger partial charge in [-0.1, -0.05) is 20.8 Å². The number of carbonyl (C=O) groups is 1. The van der Waals surface area contributed by atoms with Crippen LogP contribution in [-0.4, -0.2) is 12.6 Å². The molecule has 1 rings (SSSR count). The van der Waals surface area contributed by atoms with Crippen LogP contribution in [0.15, 0.2) is 18.2 Å². The average molecular weight is 250 g/mol. The maximum Gasteiger partial charge on any atom is 0.338 e. The molecule has 0 aliphatic carbocycles. The molecule has 0 heterocycles. The van der Waals surface area contributed by atoms with Crippen LogP contribution in [0.25, 0.3) is 0 Å². The molecule has 0 spiro atoms. The van der Waals surface area contributed by atoms with Gasteiger partial charge in [0.2, 0.25) is 0 Å². The van der Waals surface area contributed by atoms with Gasteiger partial charge in [0.1, 0.15) is 0 Å². The van der Waals surface area contributed by atoms with E-state index in [1.807, 2.05) is 0 Å². The number of benzene rings is 1. The van der Waals surface area contributed by atoms with Crippen LogP contribution in [0.1, 0.15) is 37.6 Å². The van der Waals surface area contributed by atoms with Gasteiger partial charge in [-0.15, -0.1) is 0 Å². The van der Waals surface area contributed by atoms with E-state index in [1.165, 1.54) is 0 Å². The minimum absolute atomic E-state index is 0.354. The largest absolute Gasteiger partial charge is 0.462 e. The average Bonchev–Trinajstić information content (AvgIpc) is 2.23. The maximum absolute atomic E-state index is 11.8. The highest BCUT2D eigenvalue weighted by atomic mass is 16.5. The standard InChI is InChI=1S/C14H22N2O2/c1-9(2)4-10(3)8-18-14(17)11-5-12(15)7-13(16)6-11/h5-7,9-10H,4,8,15-16H2,1-3H3. The molecular weight excluding hydrogens is 228 g/mol. The molecule has 0 fully saturated rings. The highest BCUT2D eigenvalue weighted by molar-refractivity contribution is 5.91. The summed E-state index contributed by atoms with van der Waals surface area (Å²) in [7, 11) is 0. The van der Waals surface area contributed by atoms with Crippen molar-refractivity contribution in [1.82, 2.24) is 0 Å². The van der Waals surface area contributed by atoms with Crippen molar-refractivity contribution in [3.63, 3.8) is 0 Å². The number of hydrogen-bond acceptors (Lipinski definition) is 4. The van der Waals surface area contributed by atoms with Crippen LogP contribution in [0.4, 0.5) is 11.4 Å². The molecule has 1 aromatic carbocycles. The van der Waals surface area contributed by atoms with E-state index in [9.17, 15) is 4.79 Å². The molecule has 0 aliphatic rings. The molecule has 1 aromatic rings. The van der Waals surface area contributed by atoms with E-state index >= 15 is 0 Å². The summed E-state index contributed by atoms with van der Waals surface area (Å²) in [6, 6.07) is 4.76.